The smallest absolute Gasteiger partial charge is 0.330 e. The molecule has 0 rings (SSSR count). The van der Waals surface area contributed by atoms with Crippen molar-refractivity contribution in [3.63, 3.8) is 0 Å². The molecule has 0 atom stereocenters. The predicted octanol–water partition coefficient (Wildman–Crippen LogP) is -1.28. The number of rotatable bonds is 0. The third-order valence-corrected chi connectivity index (χ3v) is 0. The van der Waals surface area contributed by atoms with Gasteiger partial charge in [-0.05, 0) is 0 Å². The van der Waals surface area contributed by atoms with E-state index in [-0.39, 0.29) is 12.3 Å². The van der Waals surface area contributed by atoms with Gasteiger partial charge in [-0.2, -0.15) is 8.42 Å². The lowest BCUT2D eigenvalue weighted by Gasteiger charge is -1.70. The van der Waals surface area contributed by atoms with Gasteiger partial charge in [0.2, 0.25) is 0 Å². The fraction of sp³-hybridized carbons (Fsp3) is 0. The zero-order valence-electron chi connectivity index (χ0n) is 5.37. The largest absolute Gasteiger partial charge is 0.344 e. The molecule has 11 heteroatoms. The summed E-state index contributed by atoms with van der Waals surface area (Å²) in [6.07, 6.45) is 0. The third kappa shape index (κ3) is 431. The van der Waals surface area contributed by atoms with Crippen LogP contribution in [0.25, 0.3) is 0 Å². The van der Waals surface area contributed by atoms with E-state index in [1.165, 1.54) is 0 Å². The molecule has 11 heavy (non-hydrogen) atoms. The summed E-state index contributed by atoms with van der Waals surface area (Å²) in [5, 5.41) is 17.5. The van der Waals surface area contributed by atoms with Gasteiger partial charge in [-0.1, -0.05) is 0 Å². The maximum atomic E-state index is 8.97. The van der Waals surface area contributed by atoms with Crippen LogP contribution in [0.1, 0.15) is 0 Å². The van der Waals surface area contributed by atoms with Crippen LogP contribution in [-0.2, 0) is 10.3 Å². The first-order valence-corrected chi connectivity index (χ1v) is 2.82. The van der Waals surface area contributed by atoms with E-state index in [0.29, 0.717) is 0 Å². The molecule has 0 saturated heterocycles. The van der Waals surface area contributed by atoms with E-state index in [1.807, 2.05) is 0 Å². The van der Waals surface area contributed by atoms with Crippen molar-refractivity contribution in [1.82, 2.24) is 12.3 Å². The van der Waals surface area contributed by atoms with E-state index in [0.717, 1.165) is 0 Å². The molecule has 10 N–H and O–H groups in total. The lowest BCUT2D eigenvalue weighted by atomic mass is 13.1. The van der Waals surface area contributed by atoms with E-state index >= 15 is 0 Å². The Labute approximate surface area is 62.2 Å². The van der Waals surface area contributed by atoms with E-state index in [4.69, 9.17) is 28.3 Å². The Bertz CT molecular complexity index is 157. The quantitative estimate of drug-likeness (QED) is 0.177. The minimum Gasteiger partial charge on any atom is -0.344 e. The molecule has 0 amide bonds. The summed E-state index contributed by atoms with van der Waals surface area (Å²) in [6, 6.07) is 0. The maximum Gasteiger partial charge on any atom is 0.330 e. The van der Waals surface area contributed by atoms with Gasteiger partial charge in [-0.3, -0.25) is 4.55 Å². The molecule has 0 radical (unpaired) electrons. The Morgan fingerprint density at radius 2 is 1.36 bits per heavy atom. The van der Waals surface area contributed by atoms with Crippen molar-refractivity contribution in [3.05, 3.63) is 10.1 Å². The minimum atomic E-state index is -4.17. The normalized spacial score (nSPS) is 7.45. The van der Waals surface area contributed by atoms with Gasteiger partial charge in [0, 0.05) is 0 Å². The molecule has 0 bridgehead atoms. The van der Waals surface area contributed by atoms with Crippen molar-refractivity contribution in [2.75, 3.05) is 0 Å². The molecule has 0 saturated carbocycles. The van der Waals surface area contributed by atoms with Crippen molar-refractivity contribution >= 4 is 10.3 Å². The van der Waals surface area contributed by atoms with Gasteiger partial charge in [0.05, 0.1) is 0 Å². The molecule has 0 aromatic carbocycles. The van der Waals surface area contributed by atoms with Crippen LogP contribution in [-0.4, -0.2) is 23.3 Å². The van der Waals surface area contributed by atoms with Crippen LogP contribution in [0.4, 0.5) is 0 Å². The van der Waals surface area contributed by atoms with Crippen molar-refractivity contribution in [2.24, 2.45) is 5.14 Å². The number of hydrogen-bond acceptors (Lipinski definition) is 6. The molecule has 0 spiro atoms. The first-order valence-electron chi connectivity index (χ1n) is 1.32. The van der Waals surface area contributed by atoms with Crippen molar-refractivity contribution in [2.45, 2.75) is 0 Å². The summed E-state index contributed by atoms with van der Waals surface area (Å²) in [7, 11) is -4.17. The highest BCUT2D eigenvalue weighted by molar-refractivity contribution is 7.83. The predicted molar refractivity (Wildman–Crippen MR) is 34.6 cm³/mol. The monoisotopic (exact) mass is 194 g/mol. The molecule has 0 unspecified atom stereocenters. The van der Waals surface area contributed by atoms with Crippen LogP contribution in [0, 0.1) is 10.1 Å². The molecule has 72 valence electrons. The lowest BCUT2D eigenvalue weighted by Crippen LogP contribution is -2.08. The van der Waals surface area contributed by atoms with Gasteiger partial charge in [-0.15, -0.1) is 10.1 Å². The van der Waals surface area contributed by atoms with Crippen LogP contribution in [0.3, 0.4) is 0 Å². The van der Waals surface area contributed by atoms with Crippen LogP contribution in [0.2, 0.25) is 0 Å². The first kappa shape index (κ1) is 22.5. The molecule has 0 aromatic rings. The molecule has 0 aromatic heterocycles. The summed E-state index contributed by atoms with van der Waals surface area (Å²) in [4.78, 5) is 8.36. The van der Waals surface area contributed by atoms with Crippen molar-refractivity contribution < 1.29 is 23.3 Å². The summed E-state index contributed by atoms with van der Waals surface area (Å²) < 4.78 is 25.2. The Kier molecular flexibility index (Phi) is 18.4. The molecule has 0 aliphatic carbocycles. The minimum absolute atomic E-state index is 0. The Balaban J connectivity index is -0.0000000383. The highest BCUT2D eigenvalue weighted by Gasteiger charge is 1.81. The van der Waals surface area contributed by atoms with Gasteiger partial charge in [0.15, 0.2) is 0 Å². The second kappa shape index (κ2) is 8.99. The Morgan fingerprint density at radius 3 is 1.36 bits per heavy atom. The number of nitrogens with two attached hydrogens (primary N) is 1. The van der Waals surface area contributed by atoms with Gasteiger partial charge >= 0.3 is 10.3 Å². The van der Waals surface area contributed by atoms with Gasteiger partial charge in [0.1, 0.15) is 0 Å². The molecule has 0 aliphatic rings. The number of nitrogens with zero attached hydrogens (tertiary/aromatic N) is 1. The average molecular weight is 194 g/mol. The highest BCUT2D eigenvalue weighted by Crippen LogP contribution is 1.50. The van der Waals surface area contributed by atoms with Gasteiger partial charge in [-0.25, -0.2) is 5.14 Å². The SMILES string of the molecule is N.N.NS(=O)(=O)O.O=[N+]([O-])O. The van der Waals surface area contributed by atoms with Crippen molar-refractivity contribution in [3.8, 4) is 0 Å². The summed E-state index contributed by atoms with van der Waals surface area (Å²) >= 11 is 0. The van der Waals surface area contributed by atoms with Crippen molar-refractivity contribution in [1.29, 1.82) is 0 Å². The second-order valence-electron chi connectivity index (χ2n) is 0.753. The summed E-state index contributed by atoms with van der Waals surface area (Å²) in [5.74, 6) is 0. The molecular weight excluding hydrogens is 184 g/mol. The zero-order chi connectivity index (χ0) is 8.08. The van der Waals surface area contributed by atoms with E-state index in [2.05, 4.69) is 5.14 Å². The topological polar surface area (TPSA) is 214 Å². The molecule has 0 aliphatic heterocycles. The van der Waals surface area contributed by atoms with E-state index in [9.17, 15) is 0 Å². The lowest BCUT2D eigenvalue weighted by molar-refractivity contribution is -0.742. The van der Waals surface area contributed by atoms with E-state index < -0.39 is 15.4 Å². The third-order valence-electron chi connectivity index (χ3n) is 0. The summed E-state index contributed by atoms with van der Waals surface area (Å²) in [6.45, 7) is 0. The zero-order valence-corrected chi connectivity index (χ0v) is 6.19. The Morgan fingerprint density at radius 1 is 1.36 bits per heavy atom. The molecule has 0 heterocycles. The fourth-order valence-electron chi connectivity index (χ4n) is 0. The number of hydrogen-bond donors (Lipinski definition) is 5. The average Bonchev–Trinajstić information content (AvgIpc) is 1.19. The van der Waals surface area contributed by atoms with Crippen LogP contribution in [0.15, 0.2) is 0 Å². The highest BCUT2D eigenvalue weighted by atomic mass is 32.2. The maximum absolute atomic E-state index is 8.97. The molecular formula is H10N4O6S. The summed E-state index contributed by atoms with van der Waals surface area (Å²) in [5.41, 5.74) is 0. The fourth-order valence-corrected chi connectivity index (χ4v) is 0. The van der Waals surface area contributed by atoms with Crippen LogP contribution >= 0.6 is 0 Å². The van der Waals surface area contributed by atoms with E-state index in [1.54, 1.807) is 0 Å². The van der Waals surface area contributed by atoms with Gasteiger partial charge < -0.3 is 17.5 Å². The first-order chi connectivity index (χ1) is 3.73. The Hall–Kier alpha value is -1.01. The second-order valence-corrected chi connectivity index (χ2v) is 1.78. The standard InChI is InChI=1S/H3NO3S.HNO3.2H3N/c1-5(2,3)4;2-1(3)4;;/h(H3,1,2,3,4);(H,2,3,4);2*1H3. The van der Waals surface area contributed by atoms with Crippen LogP contribution < -0.4 is 17.4 Å². The van der Waals surface area contributed by atoms with Crippen LogP contribution in [0.5, 0.6) is 0 Å². The molecule has 10 nitrogen and oxygen atoms in total. The molecule has 0 fully saturated rings. The van der Waals surface area contributed by atoms with Gasteiger partial charge in [0.25, 0.3) is 5.09 Å².